The summed E-state index contributed by atoms with van der Waals surface area (Å²) in [5.41, 5.74) is 3.75. The summed E-state index contributed by atoms with van der Waals surface area (Å²) < 4.78 is 11.2. The van der Waals surface area contributed by atoms with Gasteiger partial charge < -0.3 is 14.8 Å². The molecule has 0 spiro atoms. The first-order valence-corrected chi connectivity index (χ1v) is 10.8. The quantitative estimate of drug-likeness (QED) is 0.795. The van der Waals surface area contributed by atoms with E-state index in [2.05, 4.69) is 46.3 Å². The van der Waals surface area contributed by atoms with Gasteiger partial charge in [0, 0.05) is 32.7 Å². The van der Waals surface area contributed by atoms with Crippen molar-refractivity contribution in [2.24, 2.45) is 0 Å². The number of hydrogen-bond donors (Lipinski definition) is 1. The number of carbonyl (C=O) groups excluding carboxylic acids is 1. The van der Waals surface area contributed by atoms with Crippen molar-refractivity contribution in [1.82, 2.24) is 15.1 Å². The van der Waals surface area contributed by atoms with Crippen LogP contribution in [0.4, 0.5) is 0 Å². The summed E-state index contributed by atoms with van der Waals surface area (Å²) in [5, 5.41) is 3.12. The maximum absolute atomic E-state index is 12.6. The Balaban J connectivity index is 1.23. The molecule has 160 valence electrons. The zero-order chi connectivity index (χ0) is 20.9. The molecule has 2 aliphatic rings. The van der Waals surface area contributed by atoms with Crippen molar-refractivity contribution in [3.63, 3.8) is 0 Å². The van der Waals surface area contributed by atoms with Crippen LogP contribution in [0.5, 0.6) is 11.5 Å². The minimum absolute atomic E-state index is 0.0599. The average molecular weight is 410 g/mol. The Morgan fingerprint density at radius 2 is 1.70 bits per heavy atom. The highest BCUT2D eigenvalue weighted by Gasteiger charge is 2.21. The van der Waals surface area contributed by atoms with E-state index in [1.165, 1.54) is 11.1 Å². The second kappa shape index (κ2) is 9.49. The van der Waals surface area contributed by atoms with Gasteiger partial charge in [0.05, 0.1) is 12.6 Å². The largest absolute Gasteiger partial charge is 0.486 e. The lowest BCUT2D eigenvalue weighted by molar-refractivity contribution is -0.123. The third kappa shape index (κ3) is 5.12. The number of amides is 1. The third-order valence-corrected chi connectivity index (χ3v) is 5.93. The van der Waals surface area contributed by atoms with Gasteiger partial charge >= 0.3 is 0 Å². The maximum Gasteiger partial charge on any atom is 0.234 e. The predicted molar refractivity (Wildman–Crippen MR) is 117 cm³/mol. The molecule has 4 rings (SSSR count). The summed E-state index contributed by atoms with van der Waals surface area (Å²) >= 11 is 0. The molecule has 0 saturated carbocycles. The molecule has 2 aromatic rings. The van der Waals surface area contributed by atoms with E-state index < -0.39 is 0 Å². The summed E-state index contributed by atoms with van der Waals surface area (Å²) in [4.78, 5) is 17.3. The number of carbonyl (C=O) groups is 1. The lowest BCUT2D eigenvalue weighted by Gasteiger charge is -2.34. The number of rotatable bonds is 6. The summed E-state index contributed by atoms with van der Waals surface area (Å²) in [6.45, 7) is 10.5. The normalized spacial score (nSPS) is 18.1. The molecule has 1 atom stereocenters. The first kappa shape index (κ1) is 20.7. The molecule has 30 heavy (non-hydrogen) atoms. The van der Waals surface area contributed by atoms with E-state index in [0.717, 1.165) is 49.8 Å². The standard InChI is InChI=1S/C24H31N3O3/c1-18-5-3-4-6-21(18)16-26-9-11-27(12-10-26)17-24(28)25-19(2)20-7-8-22-23(15-20)30-14-13-29-22/h3-8,15,19H,9-14,16-17H2,1-2H3,(H,25,28)/t19-/m0/s1. The maximum atomic E-state index is 12.6. The van der Waals surface area contributed by atoms with Crippen LogP contribution >= 0.6 is 0 Å². The third-order valence-electron chi connectivity index (χ3n) is 5.93. The van der Waals surface area contributed by atoms with Crippen LogP contribution in [-0.2, 0) is 11.3 Å². The molecule has 0 aromatic heterocycles. The molecule has 6 nitrogen and oxygen atoms in total. The monoisotopic (exact) mass is 409 g/mol. The van der Waals surface area contributed by atoms with Gasteiger partial charge in [0.15, 0.2) is 11.5 Å². The zero-order valence-electron chi connectivity index (χ0n) is 17.9. The summed E-state index contributed by atoms with van der Waals surface area (Å²) in [6, 6.07) is 14.4. The Morgan fingerprint density at radius 1 is 1.00 bits per heavy atom. The smallest absolute Gasteiger partial charge is 0.234 e. The van der Waals surface area contributed by atoms with Gasteiger partial charge in [-0.3, -0.25) is 14.6 Å². The van der Waals surface area contributed by atoms with E-state index in [9.17, 15) is 4.79 Å². The van der Waals surface area contributed by atoms with Crippen molar-refractivity contribution in [3.8, 4) is 11.5 Å². The lowest BCUT2D eigenvalue weighted by atomic mass is 10.1. The van der Waals surface area contributed by atoms with Gasteiger partial charge in [0.1, 0.15) is 13.2 Å². The van der Waals surface area contributed by atoms with E-state index in [0.29, 0.717) is 19.8 Å². The summed E-state index contributed by atoms with van der Waals surface area (Å²) in [7, 11) is 0. The minimum Gasteiger partial charge on any atom is -0.486 e. The molecule has 1 fully saturated rings. The topological polar surface area (TPSA) is 54.0 Å². The Bertz CT molecular complexity index is 878. The van der Waals surface area contributed by atoms with Crippen molar-refractivity contribution in [2.45, 2.75) is 26.4 Å². The van der Waals surface area contributed by atoms with E-state index in [-0.39, 0.29) is 11.9 Å². The first-order chi connectivity index (χ1) is 14.6. The Morgan fingerprint density at radius 3 is 2.47 bits per heavy atom. The van der Waals surface area contributed by atoms with Crippen molar-refractivity contribution in [3.05, 3.63) is 59.2 Å². The number of ether oxygens (including phenoxy) is 2. The SMILES string of the molecule is Cc1ccccc1CN1CCN(CC(=O)N[C@@H](C)c2ccc3c(c2)OCCO3)CC1. The first-order valence-electron chi connectivity index (χ1n) is 10.8. The Labute approximate surface area is 178 Å². The zero-order valence-corrected chi connectivity index (χ0v) is 17.9. The molecule has 0 radical (unpaired) electrons. The van der Waals surface area contributed by atoms with E-state index in [1.54, 1.807) is 0 Å². The fourth-order valence-corrected chi connectivity index (χ4v) is 4.04. The molecular weight excluding hydrogens is 378 g/mol. The van der Waals surface area contributed by atoms with Gasteiger partial charge in [-0.05, 0) is 42.7 Å². The highest BCUT2D eigenvalue weighted by atomic mass is 16.6. The molecule has 0 bridgehead atoms. The highest BCUT2D eigenvalue weighted by Crippen LogP contribution is 2.32. The predicted octanol–water partition coefficient (Wildman–Crippen LogP) is 2.76. The number of nitrogens with one attached hydrogen (secondary N) is 1. The molecule has 2 aliphatic heterocycles. The van der Waals surface area contributed by atoms with Crippen LogP contribution < -0.4 is 14.8 Å². The van der Waals surface area contributed by atoms with Crippen LogP contribution in [0.2, 0.25) is 0 Å². The summed E-state index contributed by atoms with van der Waals surface area (Å²) in [5.74, 6) is 1.58. The molecule has 0 aliphatic carbocycles. The fraction of sp³-hybridized carbons (Fsp3) is 0.458. The Hall–Kier alpha value is -2.57. The average Bonchev–Trinajstić information content (AvgIpc) is 2.76. The number of benzene rings is 2. The van der Waals surface area contributed by atoms with Gasteiger partial charge in [-0.1, -0.05) is 30.3 Å². The van der Waals surface area contributed by atoms with Crippen molar-refractivity contribution < 1.29 is 14.3 Å². The number of aryl methyl sites for hydroxylation is 1. The van der Waals surface area contributed by atoms with E-state index in [1.807, 2.05) is 25.1 Å². The summed E-state index contributed by atoms with van der Waals surface area (Å²) in [6.07, 6.45) is 0. The van der Waals surface area contributed by atoms with Crippen LogP contribution in [0.3, 0.4) is 0 Å². The molecular formula is C24H31N3O3. The molecule has 0 unspecified atom stereocenters. The van der Waals surface area contributed by atoms with Gasteiger partial charge in [0.2, 0.25) is 5.91 Å². The molecule has 1 saturated heterocycles. The van der Waals surface area contributed by atoms with Crippen LogP contribution in [0.25, 0.3) is 0 Å². The van der Waals surface area contributed by atoms with Crippen LogP contribution in [0.15, 0.2) is 42.5 Å². The van der Waals surface area contributed by atoms with Crippen LogP contribution in [-0.4, -0.2) is 61.6 Å². The van der Waals surface area contributed by atoms with Crippen LogP contribution in [0.1, 0.15) is 29.7 Å². The van der Waals surface area contributed by atoms with Gasteiger partial charge in [-0.25, -0.2) is 0 Å². The van der Waals surface area contributed by atoms with Gasteiger partial charge in [-0.15, -0.1) is 0 Å². The van der Waals surface area contributed by atoms with Crippen molar-refractivity contribution in [1.29, 1.82) is 0 Å². The highest BCUT2D eigenvalue weighted by molar-refractivity contribution is 5.78. The van der Waals surface area contributed by atoms with Gasteiger partial charge in [-0.2, -0.15) is 0 Å². The van der Waals surface area contributed by atoms with E-state index >= 15 is 0 Å². The second-order valence-corrected chi connectivity index (χ2v) is 8.17. The molecule has 6 heteroatoms. The molecule has 1 amide bonds. The van der Waals surface area contributed by atoms with Crippen molar-refractivity contribution >= 4 is 5.91 Å². The Kier molecular flexibility index (Phi) is 6.55. The van der Waals surface area contributed by atoms with E-state index in [4.69, 9.17) is 9.47 Å². The van der Waals surface area contributed by atoms with Crippen molar-refractivity contribution in [2.75, 3.05) is 45.9 Å². The molecule has 1 N–H and O–H groups in total. The molecule has 2 heterocycles. The molecule has 2 aromatic carbocycles. The van der Waals surface area contributed by atoms with Crippen LogP contribution in [0, 0.1) is 6.92 Å². The fourth-order valence-electron chi connectivity index (χ4n) is 4.04. The number of piperazine rings is 1. The van der Waals surface area contributed by atoms with Gasteiger partial charge in [0.25, 0.3) is 0 Å². The number of nitrogens with zero attached hydrogens (tertiary/aromatic N) is 2. The number of hydrogen-bond acceptors (Lipinski definition) is 5. The lowest BCUT2D eigenvalue weighted by Crippen LogP contribution is -2.49. The minimum atomic E-state index is -0.0735. The number of fused-ring (bicyclic) bond motifs is 1. The second-order valence-electron chi connectivity index (χ2n) is 8.17.